The van der Waals surface area contributed by atoms with E-state index in [4.69, 9.17) is 9.52 Å². The number of nitrogens with zero attached hydrogens (tertiary/aromatic N) is 1. The van der Waals surface area contributed by atoms with Gasteiger partial charge < -0.3 is 25.1 Å². The summed E-state index contributed by atoms with van der Waals surface area (Å²) in [5.74, 6) is -1.16. The largest absolute Gasteiger partial charge is 0.475 e. The summed E-state index contributed by atoms with van der Waals surface area (Å²) in [6.07, 6.45) is 0.531. The van der Waals surface area contributed by atoms with Crippen molar-refractivity contribution in [2.75, 3.05) is 13.1 Å². The van der Waals surface area contributed by atoms with E-state index in [0.717, 1.165) is 0 Å². The highest BCUT2D eigenvalue weighted by Gasteiger charge is 2.31. The number of nitrogens with one attached hydrogen (secondary N) is 2. The van der Waals surface area contributed by atoms with Crippen molar-refractivity contribution in [2.24, 2.45) is 0 Å². The van der Waals surface area contributed by atoms with E-state index >= 15 is 0 Å². The quantitative estimate of drug-likeness (QED) is 0.744. The highest BCUT2D eigenvalue weighted by Crippen LogP contribution is 2.10. The number of carbonyl (C=O) groups is 3. The van der Waals surface area contributed by atoms with Crippen molar-refractivity contribution in [1.82, 2.24) is 15.5 Å². The number of carbonyl (C=O) groups excluding carboxylic acids is 2. The molecule has 0 aliphatic carbocycles. The van der Waals surface area contributed by atoms with Crippen LogP contribution in [0.3, 0.4) is 0 Å². The van der Waals surface area contributed by atoms with E-state index in [1.807, 2.05) is 6.92 Å². The van der Waals surface area contributed by atoms with Crippen LogP contribution in [-0.2, 0) is 11.3 Å². The summed E-state index contributed by atoms with van der Waals surface area (Å²) in [6, 6.07) is 1.96. The Morgan fingerprint density at radius 2 is 2.29 bits per heavy atom. The molecule has 1 atom stereocenters. The molecular weight excluding hydrogens is 278 g/mol. The van der Waals surface area contributed by atoms with Crippen LogP contribution in [0.1, 0.15) is 29.7 Å². The minimum Gasteiger partial charge on any atom is -0.475 e. The van der Waals surface area contributed by atoms with Gasteiger partial charge in [-0.1, -0.05) is 6.92 Å². The lowest BCUT2D eigenvalue weighted by Crippen LogP contribution is -2.59. The Bertz CT molecular complexity index is 554. The molecule has 2 heterocycles. The minimum atomic E-state index is -1.16. The van der Waals surface area contributed by atoms with Crippen LogP contribution in [0.4, 0.5) is 4.79 Å². The van der Waals surface area contributed by atoms with Gasteiger partial charge >= 0.3 is 12.0 Å². The Morgan fingerprint density at radius 1 is 1.52 bits per heavy atom. The molecule has 114 valence electrons. The van der Waals surface area contributed by atoms with E-state index in [-0.39, 0.29) is 24.2 Å². The summed E-state index contributed by atoms with van der Waals surface area (Å²) < 4.78 is 5.05. The van der Waals surface area contributed by atoms with E-state index in [1.54, 1.807) is 0 Å². The van der Waals surface area contributed by atoms with Crippen LogP contribution in [-0.4, -0.2) is 47.0 Å². The van der Waals surface area contributed by atoms with Gasteiger partial charge in [0.15, 0.2) is 0 Å². The van der Waals surface area contributed by atoms with Crippen molar-refractivity contribution < 1.29 is 23.9 Å². The lowest BCUT2D eigenvalue weighted by molar-refractivity contribution is -0.127. The molecule has 0 aromatic carbocycles. The summed E-state index contributed by atoms with van der Waals surface area (Å²) in [4.78, 5) is 35.9. The number of carboxylic acids is 1. The maximum Gasteiger partial charge on any atom is 0.371 e. The predicted molar refractivity (Wildman–Crippen MR) is 71.7 cm³/mol. The normalized spacial score (nSPS) is 18.2. The Labute approximate surface area is 121 Å². The van der Waals surface area contributed by atoms with Gasteiger partial charge in [0.05, 0.1) is 6.54 Å². The molecule has 1 aromatic rings. The van der Waals surface area contributed by atoms with Crippen LogP contribution in [0, 0.1) is 0 Å². The molecule has 3 N–H and O–H groups in total. The highest BCUT2D eigenvalue weighted by atomic mass is 16.4. The minimum absolute atomic E-state index is 0.0701. The van der Waals surface area contributed by atoms with Gasteiger partial charge in [0, 0.05) is 13.1 Å². The molecule has 2 rings (SSSR count). The van der Waals surface area contributed by atoms with Crippen molar-refractivity contribution in [3.8, 4) is 0 Å². The van der Waals surface area contributed by atoms with Gasteiger partial charge in [-0.2, -0.15) is 0 Å². The third kappa shape index (κ3) is 3.33. The van der Waals surface area contributed by atoms with Crippen molar-refractivity contribution in [1.29, 1.82) is 0 Å². The monoisotopic (exact) mass is 295 g/mol. The highest BCUT2D eigenvalue weighted by molar-refractivity contribution is 5.88. The molecule has 3 amide bonds. The summed E-state index contributed by atoms with van der Waals surface area (Å²) in [6.45, 7) is 2.77. The third-order valence-corrected chi connectivity index (χ3v) is 3.26. The summed E-state index contributed by atoms with van der Waals surface area (Å²) >= 11 is 0. The molecule has 0 bridgehead atoms. The standard InChI is InChI=1S/C13H17N3O5/c1-2-9-11(17)14-5-6-16(9)13(20)15-7-8-3-4-10(21-8)12(18)19/h3-4,9H,2,5-7H2,1H3,(H,14,17)(H,15,20)(H,18,19). The van der Waals surface area contributed by atoms with Crippen molar-refractivity contribution in [3.63, 3.8) is 0 Å². The van der Waals surface area contributed by atoms with Gasteiger partial charge in [0.1, 0.15) is 11.8 Å². The first-order valence-corrected chi connectivity index (χ1v) is 6.67. The van der Waals surface area contributed by atoms with Crippen LogP contribution in [0.25, 0.3) is 0 Å². The second-order valence-corrected chi connectivity index (χ2v) is 4.64. The van der Waals surface area contributed by atoms with E-state index in [1.165, 1.54) is 17.0 Å². The van der Waals surface area contributed by atoms with Crippen LogP contribution >= 0.6 is 0 Å². The fraction of sp³-hybridized carbons (Fsp3) is 0.462. The molecule has 1 aliphatic heterocycles. The lowest BCUT2D eigenvalue weighted by atomic mass is 10.1. The summed E-state index contributed by atoms with van der Waals surface area (Å²) in [5.41, 5.74) is 0. The Hall–Kier alpha value is -2.51. The average molecular weight is 295 g/mol. The second-order valence-electron chi connectivity index (χ2n) is 4.64. The van der Waals surface area contributed by atoms with Crippen LogP contribution in [0.2, 0.25) is 0 Å². The SMILES string of the molecule is CCC1C(=O)NCCN1C(=O)NCc1ccc(C(=O)O)o1. The second kappa shape index (κ2) is 6.29. The summed E-state index contributed by atoms with van der Waals surface area (Å²) in [7, 11) is 0. The zero-order valence-corrected chi connectivity index (χ0v) is 11.6. The molecule has 0 spiro atoms. The van der Waals surface area contributed by atoms with Gasteiger partial charge in [-0.15, -0.1) is 0 Å². The van der Waals surface area contributed by atoms with E-state index in [0.29, 0.717) is 25.3 Å². The number of furan rings is 1. The number of rotatable bonds is 4. The maximum absolute atomic E-state index is 12.1. The fourth-order valence-corrected chi connectivity index (χ4v) is 2.22. The van der Waals surface area contributed by atoms with Crippen molar-refractivity contribution in [2.45, 2.75) is 25.9 Å². The lowest BCUT2D eigenvalue weighted by Gasteiger charge is -2.34. The first kappa shape index (κ1) is 14.9. The predicted octanol–water partition coefficient (Wildman–Crippen LogP) is 0.398. The zero-order valence-electron chi connectivity index (χ0n) is 11.6. The molecule has 1 aliphatic rings. The molecule has 8 nitrogen and oxygen atoms in total. The number of carboxylic acid groups (broad SMARTS) is 1. The molecule has 0 radical (unpaired) electrons. The molecule has 8 heteroatoms. The molecule has 21 heavy (non-hydrogen) atoms. The molecule has 1 unspecified atom stereocenters. The fourth-order valence-electron chi connectivity index (χ4n) is 2.22. The number of urea groups is 1. The number of piperazine rings is 1. The van der Waals surface area contributed by atoms with Gasteiger partial charge in [-0.05, 0) is 18.6 Å². The first-order chi connectivity index (χ1) is 10.0. The van der Waals surface area contributed by atoms with Crippen LogP contribution in [0.15, 0.2) is 16.5 Å². The molecule has 1 aromatic heterocycles. The van der Waals surface area contributed by atoms with Gasteiger partial charge in [0.2, 0.25) is 11.7 Å². The van der Waals surface area contributed by atoms with Gasteiger partial charge in [-0.3, -0.25) is 4.79 Å². The zero-order chi connectivity index (χ0) is 15.4. The molecular formula is C13H17N3O5. The Balaban J connectivity index is 1.94. The number of amides is 3. The van der Waals surface area contributed by atoms with E-state index in [9.17, 15) is 14.4 Å². The van der Waals surface area contributed by atoms with Crippen molar-refractivity contribution >= 4 is 17.9 Å². The van der Waals surface area contributed by atoms with Gasteiger partial charge in [-0.25, -0.2) is 9.59 Å². The number of hydrogen-bond donors (Lipinski definition) is 3. The Kier molecular flexibility index (Phi) is 4.46. The topological polar surface area (TPSA) is 112 Å². The number of aromatic carboxylic acids is 1. The van der Waals surface area contributed by atoms with E-state index < -0.39 is 12.0 Å². The van der Waals surface area contributed by atoms with Crippen molar-refractivity contribution in [3.05, 3.63) is 23.7 Å². The summed E-state index contributed by atoms with van der Waals surface area (Å²) in [5, 5.41) is 14.1. The van der Waals surface area contributed by atoms with E-state index in [2.05, 4.69) is 10.6 Å². The maximum atomic E-state index is 12.1. The van der Waals surface area contributed by atoms with Crippen LogP contribution in [0.5, 0.6) is 0 Å². The van der Waals surface area contributed by atoms with Crippen LogP contribution < -0.4 is 10.6 Å². The molecule has 1 saturated heterocycles. The number of hydrogen-bond acceptors (Lipinski definition) is 4. The third-order valence-electron chi connectivity index (χ3n) is 3.26. The Morgan fingerprint density at radius 3 is 2.90 bits per heavy atom. The molecule has 0 saturated carbocycles. The first-order valence-electron chi connectivity index (χ1n) is 6.67. The van der Waals surface area contributed by atoms with Gasteiger partial charge in [0.25, 0.3) is 0 Å². The molecule has 1 fully saturated rings. The average Bonchev–Trinajstić information content (AvgIpc) is 2.93. The smallest absolute Gasteiger partial charge is 0.371 e.